The third-order valence-electron chi connectivity index (χ3n) is 2.80. The molecule has 18 heavy (non-hydrogen) atoms. The molecular weight excluding hydrogens is 236 g/mol. The highest BCUT2D eigenvalue weighted by Crippen LogP contribution is 2.25. The molecule has 0 saturated heterocycles. The number of aromatic nitrogens is 2. The molecule has 3 nitrogen and oxygen atoms in total. The van der Waals surface area contributed by atoms with Crippen molar-refractivity contribution in [3.63, 3.8) is 0 Å². The van der Waals surface area contributed by atoms with Gasteiger partial charge in [0.15, 0.2) is 0 Å². The van der Waals surface area contributed by atoms with Gasteiger partial charge in [-0.15, -0.1) is 0 Å². The van der Waals surface area contributed by atoms with E-state index in [0.29, 0.717) is 16.7 Å². The van der Waals surface area contributed by atoms with E-state index in [2.05, 4.69) is 5.10 Å². The number of nitrogens with zero attached hydrogens (tertiary/aromatic N) is 2. The van der Waals surface area contributed by atoms with Gasteiger partial charge in [-0.2, -0.15) is 9.49 Å². The summed E-state index contributed by atoms with van der Waals surface area (Å²) in [5.41, 5.74) is 6.74. The summed E-state index contributed by atoms with van der Waals surface area (Å²) in [5.74, 6) is -0.794. The van der Waals surface area contributed by atoms with Gasteiger partial charge in [-0.25, -0.2) is 9.07 Å². The average molecular weight is 251 g/mol. The SMILES string of the molecule is CC(C)n1ncc(-c2ccc(F)c(CN)c2)c1F. The van der Waals surface area contributed by atoms with Crippen molar-refractivity contribution in [2.24, 2.45) is 5.73 Å². The van der Waals surface area contributed by atoms with Crippen LogP contribution in [-0.2, 0) is 6.54 Å². The molecule has 0 saturated carbocycles. The van der Waals surface area contributed by atoms with Crippen molar-refractivity contribution < 1.29 is 8.78 Å². The molecule has 2 N–H and O–H groups in total. The van der Waals surface area contributed by atoms with Crippen molar-refractivity contribution in [2.75, 3.05) is 0 Å². The maximum Gasteiger partial charge on any atom is 0.219 e. The predicted molar refractivity (Wildman–Crippen MR) is 65.9 cm³/mol. The van der Waals surface area contributed by atoms with Gasteiger partial charge in [0.1, 0.15) is 5.82 Å². The Morgan fingerprint density at radius 3 is 2.61 bits per heavy atom. The smallest absolute Gasteiger partial charge is 0.219 e. The number of rotatable bonds is 3. The van der Waals surface area contributed by atoms with Crippen LogP contribution < -0.4 is 5.73 Å². The lowest BCUT2D eigenvalue weighted by Crippen LogP contribution is -2.05. The van der Waals surface area contributed by atoms with Crippen LogP contribution in [0.25, 0.3) is 11.1 Å². The van der Waals surface area contributed by atoms with E-state index in [1.54, 1.807) is 6.07 Å². The number of nitrogens with two attached hydrogens (primary N) is 1. The summed E-state index contributed by atoms with van der Waals surface area (Å²) in [6, 6.07) is 4.32. The Kier molecular flexibility index (Phi) is 3.43. The minimum atomic E-state index is -0.417. The van der Waals surface area contributed by atoms with Crippen LogP contribution in [0.2, 0.25) is 0 Å². The first kappa shape index (κ1) is 12.7. The van der Waals surface area contributed by atoms with Crippen LogP contribution in [0.3, 0.4) is 0 Å². The first-order chi connectivity index (χ1) is 8.54. The fraction of sp³-hybridized carbons (Fsp3) is 0.308. The number of hydrogen-bond acceptors (Lipinski definition) is 2. The van der Waals surface area contributed by atoms with E-state index in [1.165, 1.54) is 23.0 Å². The first-order valence-electron chi connectivity index (χ1n) is 5.76. The normalized spacial score (nSPS) is 11.2. The van der Waals surface area contributed by atoms with Crippen LogP contribution in [0.15, 0.2) is 24.4 Å². The van der Waals surface area contributed by atoms with E-state index in [1.807, 2.05) is 13.8 Å². The molecule has 2 aromatic rings. The lowest BCUT2D eigenvalue weighted by atomic mass is 10.1. The molecule has 1 heterocycles. The highest BCUT2D eigenvalue weighted by atomic mass is 19.1. The van der Waals surface area contributed by atoms with Gasteiger partial charge in [0.25, 0.3) is 0 Å². The van der Waals surface area contributed by atoms with Gasteiger partial charge >= 0.3 is 0 Å². The molecular formula is C13H15F2N3. The minimum Gasteiger partial charge on any atom is -0.326 e. The largest absolute Gasteiger partial charge is 0.326 e. The number of halogens is 2. The molecule has 0 aliphatic rings. The van der Waals surface area contributed by atoms with Crippen LogP contribution in [0.1, 0.15) is 25.5 Å². The Balaban J connectivity index is 2.49. The second-order valence-electron chi connectivity index (χ2n) is 4.40. The lowest BCUT2D eigenvalue weighted by Gasteiger charge is -2.07. The van der Waals surface area contributed by atoms with Crippen molar-refractivity contribution in [2.45, 2.75) is 26.4 Å². The second kappa shape index (κ2) is 4.86. The number of hydrogen-bond donors (Lipinski definition) is 1. The quantitative estimate of drug-likeness (QED) is 0.911. The van der Waals surface area contributed by atoms with Crippen LogP contribution in [0.5, 0.6) is 0 Å². The third kappa shape index (κ3) is 2.13. The maximum atomic E-state index is 14.1. The summed E-state index contributed by atoms with van der Waals surface area (Å²) in [4.78, 5) is 0. The van der Waals surface area contributed by atoms with Crippen LogP contribution in [0, 0.1) is 11.8 Å². The van der Waals surface area contributed by atoms with Crippen molar-refractivity contribution in [3.8, 4) is 11.1 Å². The van der Waals surface area contributed by atoms with E-state index in [9.17, 15) is 8.78 Å². The first-order valence-corrected chi connectivity index (χ1v) is 5.76. The fourth-order valence-electron chi connectivity index (χ4n) is 1.80. The third-order valence-corrected chi connectivity index (χ3v) is 2.80. The summed E-state index contributed by atoms with van der Waals surface area (Å²) < 4.78 is 28.7. The molecule has 5 heteroatoms. The molecule has 96 valence electrons. The fourth-order valence-corrected chi connectivity index (χ4v) is 1.80. The number of benzene rings is 1. The maximum absolute atomic E-state index is 14.1. The molecule has 1 aromatic carbocycles. The Hall–Kier alpha value is -1.75. The predicted octanol–water partition coefficient (Wildman–Crippen LogP) is 2.87. The molecule has 0 radical (unpaired) electrons. The standard InChI is InChI=1S/C13H15F2N3/c1-8(2)18-13(15)11(7-17-18)9-3-4-12(14)10(5-9)6-16/h3-5,7-8H,6,16H2,1-2H3. The molecule has 0 spiro atoms. The van der Waals surface area contributed by atoms with Crippen molar-refractivity contribution in [1.29, 1.82) is 0 Å². The zero-order chi connectivity index (χ0) is 13.3. The molecule has 0 fully saturated rings. The molecule has 0 unspecified atom stereocenters. The Labute approximate surface area is 104 Å². The van der Waals surface area contributed by atoms with Gasteiger partial charge in [0, 0.05) is 18.2 Å². The Morgan fingerprint density at radius 2 is 2.06 bits per heavy atom. The van der Waals surface area contributed by atoms with Crippen molar-refractivity contribution in [3.05, 3.63) is 41.7 Å². The van der Waals surface area contributed by atoms with Crippen molar-refractivity contribution >= 4 is 0 Å². The van der Waals surface area contributed by atoms with Gasteiger partial charge < -0.3 is 5.73 Å². The van der Waals surface area contributed by atoms with E-state index in [-0.39, 0.29) is 18.4 Å². The summed E-state index contributed by atoms with van der Waals surface area (Å²) in [6.45, 7) is 3.77. The van der Waals surface area contributed by atoms with Crippen LogP contribution in [0.4, 0.5) is 8.78 Å². The molecule has 0 aliphatic heterocycles. The molecule has 0 atom stereocenters. The second-order valence-corrected chi connectivity index (χ2v) is 4.40. The summed E-state index contributed by atoms with van der Waals surface area (Å²) >= 11 is 0. The molecule has 0 aliphatic carbocycles. The Bertz CT molecular complexity index is 561. The molecule has 2 rings (SSSR count). The average Bonchev–Trinajstić information content (AvgIpc) is 2.72. The van der Waals surface area contributed by atoms with Crippen LogP contribution >= 0.6 is 0 Å². The molecule has 1 aromatic heterocycles. The highest BCUT2D eigenvalue weighted by molar-refractivity contribution is 5.63. The highest BCUT2D eigenvalue weighted by Gasteiger charge is 2.15. The zero-order valence-electron chi connectivity index (χ0n) is 10.3. The molecule has 0 amide bonds. The zero-order valence-corrected chi connectivity index (χ0v) is 10.3. The molecule has 0 bridgehead atoms. The minimum absolute atomic E-state index is 0.0619. The van der Waals surface area contributed by atoms with E-state index < -0.39 is 5.95 Å². The van der Waals surface area contributed by atoms with Gasteiger partial charge in [-0.3, -0.25) is 0 Å². The summed E-state index contributed by atoms with van der Waals surface area (Å²) in [6.07, 6.45) is 1.45. The van der Waals surface area contributed by atoms with Gasteiger partial charge in [-0.1, -0.05) is 6.07 Å². The Morgan fingerprint density at radius 1 is 1.33 bits per heavy atom. The van der Waals surface area contributed by atoms with E-state index >= 15 is 0 Å². The van der Waals surface area contributed by atoms with Gasteiger partial charge in [0.2, 0.25) is 5.95 Å². The monoisotopic (exact) mass is 251 g/mol. The van der Waals surface area contributed by atoms with Crippen LogP contribution in [-0.4, -0.2) is 9.78 Å². The van der Waals surface area contributed by atoms with E-state index in [4.69, 9.17) is 5.73 Å². The van der Waals surface area contributed by atoms with Gasteiger partial charge in [0.05, 0.1) is 11.8 Å². The van der Waals surface area contributed by atoms with Gasteiger partial charge in [-0.05, 0) is 31.5 Å². The lowest BCUT2D eigenvalue weighted by molar-refractivity contribution is 0.417. The summed E-state index contributed by atoms with van der Waals surface area (Å²) in [5, 5.41) is 3.99. The van der Waals surface area contributed by atoms with Crippen molar-refractivity contribution in [1.82, 2.24) is 9.78 Å². The van der Waals surface area contributed by atoms with E-state index in [0.717, 1.165) is 0 Å². The summed E-state index contributed by atoms with van der Waals surface area (Å²) in [7, 11) is 0. The topological polar surface area (TPSA) is 43.8 Å².